The Morgan fingerprint density at radius 2 is 1.88 bits per heavy atom. The molecule has 0 bridgehead atoms. The standard InChI is InChI=1S/C20H21NO2S/c1-14-5-10-19(15(2)12-14)24-13-18(22)16-6-8-17(9-7-16)21-11-3-4-20(21)23/h5-10,12H,3-4,11,13H2,1-2H3. The second kappa shape index (κ2) is 7.22. The van der Waals surface area contributed by atoms with Gasteiger partial charge in [0, 0.05) is 29.1 Å². The zero-order chi connectivity index (χ0) is 17.1. The van der Waals surface area contributed by atoms with Crippen LogP contribution in [0.5, 0.6) is 0 Å². The van der Waals surface area contributed by atoms with Gasteiger partial charge in [0.15, 0.2) is 5.78 Å². The van der Waals surface area contributed by atoms with Crippen LogP contribution in [0.3, 0.4) is 0 Å². The Morgan fingerprint density at radius 1 is 1.12 bits per heavy atom. The zero-order valence-corrected chi connectivity index (χ0v) is 14.9. The lowest BCUT2D eigenvalue weighted by Gasteiger charge is -2.15. The summed E-state index contributed by atoms with van der Waals surface area (Å²) in [5, 5.41) is 0. The summed E-state index contributed by atoms with van der Waals surface area (Å²) in [5.74, 6) is 0.699. The van der Waals surface area contributed by atoms with Crippen LogP contribution in [0.1, 0.15) is 34.3 Å². The van der Waals surface area contributed by atoms with Crippen LogP contribution in [-0.4, -0.2) is 24.0 Å². The Balaban J connectivity index is 1.63. The van der Waals surface area contributed by atoms with Crippen molar-refractivity contribution in [2.45, 2.75) is 31.6 Å². The number of Topliss-reactive ketones (excluding diaryl/α,β-unsaturated/α-hetero) is 1. The maximum Gasteiger partial charge on any atom is 0.227 e. The molecule has 2 aromatic carbocycles. The first-order chi connectivity index (χ1) is 11.5. The third-order valence-corrected chi connectivity index (χ3v) is 5.44. The lowest BCUT2D eigenvalue weighted by molar-refractivity contribution is -0.117. The smallest absolute Gasteiger partial charge is 0.227 e. The molecule has 0 radical (unpaired) electrons. The second-order valence-corrected chi connectivity index (χ2v) is 7.19. The van der Waals surface area contributed by atoms with Crippen LogP contribution in [0.25, 0.3) is 0 Å². The number of carbonyl (C=O) groups excluding carboxylic acids is 2. The number of anilines is 1. The van der Waals surface area contributed by atoms with Gasteiger partial charge in [0.2, 0.25) is 5.91 Å². The van der Waals surface area contributed by atoms with Crippen molar-refractivity contribution in [2.24, 2.45) is 0 Å². The van der Waals surface area contributed by atoms with Crippen molar-refractivity contribution in [3.05, 3.63) is 59.2 Å². The Labute approximate surface area is 147 Å². The summed E-state index contributed by atoms with van der Waals surface area (Å²) in [5.41, 5.74) is 4.02. The minimum Gasteiger partial charge on any atom is -0.312 e. The Hall–Kier alpha value is -2.07. The van der Waals surface area contributed by atoms with Gasteiger partial charge in [-0.25, -0.2) is 0 Å². The van der Waals surface area contributed by atoms with Crippen molar-refractivity contribution < 1.29 is 9.59 Å². The molecule has 0 unspecified atom stereocenters. The number of rotatable bonds is 5. The highest BCUT2D eigenvalue weighted by Gasteiger charge is 2.21. The van der Waals surface area contributed by atoms with E-state index in [1.54, 1.807) is 16.7 Å². The summed E-state index contributed by atoms with van der Waals surface area (Å²) in [6.45, 7) is 4.91. The lowest BCUT2D eigenvalue weighted by Crippen LogP contribution is -2.23. The second-order valence-electron chi connectivity index (χ2n) is 6.18. The van der Waals surface area contributed by atoms with Crippen molar-refractivity contribution in [3.63, 3.8) is 0 Å². The molecule has 0 saturated carbocycles. The van der Waals surface area contributed by atoms with E-state index in [1.807, 2.05) is 24.3 Å². The molecule has 0 aromatic heterocycles. The van der Waals surface area contributed by atoms with E-state index in [4.69, 9.17) is 0 Å². The van der Waals surface area contributed by atoms with Crippen molar-refractivity contribution in [2.75, 3.05) is 17.2 Å². The van der Waals surface area contributed by atoms with Crippen LogP contribution in [0.2, 0.25) is 0 Å². The molecule has 2 aromatic rings. The van der Waals surface area contributed by atoms with E-state index in [1.165, 1.54) is 11.1 Å². The maximum atomic E-state index is 12.4. The van der Waals surface area contributed by atoms with E-state index >= 15 is 0 Å². The van der Waals surface area contributed by atoms with Crippen LogP contribution in [-0.2, 0) is 4.79 Å². The van der Waals surface area contributed by atoms with E-state index < -0.39 is 0 Å². The summed E-state index contributed by atoms with van der Waals surface area (Å²) >= 11 is 1.57. The number of amides is 1. The molecule has 1 heterocycles. The van der Waals surface area contributed by atoms with Gasteiger partial charge in [-0.05, 0) is 56.2 Å². The summed E-state index contributed by atoms with van der Waals surface area (Å²) in [6.07, 6.45) is 1.53. The molecule has 1 aliphatic rings. The van der Waals surface area contributed by atoms with Gasteiger partial charge >= 0.3 is 0 Å². The normalized spacial score (nSPS) is 14.2. The minimum atomic E-state index is 0.110. The number of aryl methyl sites for hydroxylation is 2. The van der Waals surface area contributed by atoms with E-state index in [2.05, 4.69) is 32.0 Å². The highest BCUT2D eigenvalue weighted by Crippen LogP contribution is 2.25. The molecule has 0 spiro atoms. The predicted molar refractivity (Wildman–Crippen MR) is 99.0 cm³/mol. The average molecular weight is 339 g/mol. The van der Waals surface area contributed by atoms with Gasteiger partial charge in [0.25, 0.3) is 0 Å². The van der Waals surface area contributed by atoms with Gasteiger partial charge in [-0.1, -0.05) is 17.7 Å². The molecule has 1 saturated heterocycles. The zero-order valence-electron chi connectivity index (χ0n) is 14.0. The van der Waals surface area contributed by atoms with Gasteiger partial charge in [-0.15, -0.1) is 11.8 Å². The van der Waals surface area contributed by atoms with Crippen molar-refractivity contribution >= 4 is 29.1 Å². The van der Waals surface area contributed by atoms with Crippen LogP contribution < -0.4 is 4.90 Å². The van der Waals surface area contributed by atoms with Gasteiger partial charge in [0.05, 0.1) is 5.75 Å². The summed E-state index contributed by atoms with van der Waals surface area (Å²) in [6, 6.07) is 13.7. The molecule has 1 fully saturated rings. The monoisotopic (exact) mass is 339 g/mol. The van der Waals surface area contributed by atoms with E-state index in [9.17, 15) is 9.59 Å². The molecule has 1 aliphatic heterocycles. The van der Waals surface area contributed by atoms with Gasteiger partial charge in [-0.3, -0.25) is 9.59 Å². The summed E-state index contributed by atoms with van der Waals surface area (Å²) in [4.78, 5) is 27.1. The number of benzene rings is 2. The van der Waals surface area contributed by atoms with E-state index in [0.717, 1.165) is 23.5 Å². The number of hydrogen-bond donors (Lipinski definition) is 0. The average Bonchev–Trinajstić information content (AvgIpc) is 3.00. The van der Waals surface area contributed by atoms with E-state index in [-0.39, 0.29) is 11.7 Å². The number of nitrogens with zero attached hydrogens (tertiary/aromatic N) is 1. The fourth-order valence-corrected chi connectivity index (χ4v) is 3.84. The maximum absolute atomic E-state index is 12.4. The highest BCUT2D eigenvalue weighted by molar-refractivity contribution is 8.00. The molecule has 124 valence electrons. The Morgan fingerprint density at radius 3 is 2.50 bits per heavy atom. The first kappa shape index (κ1) is 16.8. The molecule has 3 rings (SSSR count). The van der Waals surface area contributed by atoms with Crippen LogP contribution in [0, 0.1) is 13.8 Å². The number of carbonyl (C=O) groups is 2. The SMILES string of the molecule is Cc1ccc(SCC(=O)c2ccc(N3CCCC3=O)cc2)c(C)c1. The molecule has 4 heteroatoms. The minimum absolute atomic E-state index is 0.110. The van der Waals surface area contributed by atoms with Gasteiger partial charge in [-0.2, -0.15) is 0 Å². The van der Waals surface area contributed by atoms with Crippen LogP contribution in [0.15, 0.2) is 47.4 Å². The van der Waals surface area contributed by atoms with Gasteiger partial charge in [0.1, 0.15) is 0 Å². The molecular formula is C20H21NO2S. The first-order valence-electron chi connectivity index (χ1n) is 8.18. The first-order valence-corrected chi connectivity index (χ1v) is 9.17. The molecule has 0 atom stereocenters. The third-order valence-electron chi connectivity index (χ3n) is 4.26. The predicted octanol–water partition coefficient (Wildman–Crippen LogP) is 4.41. The topological polar surface area (TPSA) is 37.4 Å². The fourth-order valence-electron chi connectivity index (χ4n) is 2.94. The number of thioether (sulfide) groups is 1. The lowest BCUT2D eigenvalue weighted by atomic mass is 10.1. The number of ketones is 1. The highest BCUT2D eigenvalue weighted by atomic mass is 32.2. The van der Waals surface area contributed by atoms with E-state index in [0.29, 0.717) is 17.7 Å². The van der Waals surface area contributed by atoms with Gasteiger partial charge < -0.3 is 4.90 Å². The van der Waals surface area contributed by atoms with Crippen molar-refractivity contribution in [3.8, 4) is 0 Å². The molecule has 0 N–H and O–H groups in total. The molecule has 3 nitrogen and oxygen atoms in total. The third kappa shape index (κ3) is 3.70. The summed E-state index contributed by atoms with van der Waals surface area (Å²) in [7, 11) is 0. The Kier molecular flexibility index (Phi) is 5.05. The molecule has 1 amide bonds. The Bertz CT molecular complexity index is 768. The van der Waals surface area contributed by atoms with Crippen molar-refractivity contribution in [1.82, 2.24) is 0 Å². The van der Waals surface area contributed by atoms with Crippen LogP contribution >= 0.6 is 11.8 Å². The molecule has 0 aliphatic carbocycles. The van der Waals surface area contributed by atoms with Crippen LogP contribution in [0.4, 0.5) is 5.69 Å². The summed E-state index contributed by atoms with van der Waals surface area (Å²) < 4.78 is 0. The quantitative estimate of drug-likeness (QED) is 0.598. The number of hydrogen-bond acceptors (Lipinski definition) is 3. The largest absolute Gasteiger partial charge is 0.312 e. The van der Waals surface area contributed by atoms with Crippen molar-refractivity contribution in [1.29, 1.82) is 0 Å². The fraction of sp³-hybridized carbons (Fsp3) is 0.300. The molecule has 24 heavy (non-hydrogen) atoms. The molecular weight excluding hydrogens is 318 g/mol.